The number of hydrogen-bond donors (Lipinski definition) is 0. The van der Waals surface area contributed by atoms with Crippen LogP contribution in [0.15, 0.2) is 41.3 Å². The summed E-state index contributed by atoms with van der Waals surface area (Å²) < 4.78 is 16.7. The highest BCUT2D eigenvalue weighted by molar-refractivity contribution is 5.84. The summed E-state index contributed by atoms with van der Waals surface area (Å²) in [6, 6.07) is 8.10. The minimum atomic E-state index is -0.297. The Bertz CT molecular complexity index is 1230. The highest BCUT2D eigenvalue weighted by atomic mass is 19.1. The van der Waals surface area contributed by atoms with Gasteiger partial charge in [0, 0.05) is 12.7 Å². The number of rotatable bonds is 6. The Hall–Kier alpha value is -3.13. The molecule has 0 N–H and O–H groups in total. The SMILES string of the molecule is CCc1nn2c(nnc3c(=O)n(CCCN(C)C)ccc32)c1-c1ccc(F)cc1. The first-order valence-electron chi connectivity index (χ1n) is 9.67. The van der Waals surface area contributed by atoms with Crippen molar-refractivity contribution in [3.05, 3.63) is 58.4 Å². The molecule has 3 heterocycles. The summed E-state index contributed by atoms with van der Waals surface area (Å²) in [5.41, 5.74) is 3.76. The first kappa shape index (κ1) is 19.2. The number of fused-ring (bicyclic) bond motifs is 3. The van der Waals surface area contributed by atoms with Crippen molar-refractivity contribution in [3.8, 4) is 11.1 Å². The topological polar surface area (TPSA) is 68.3 Å². The lowest BCUT2D eigenvalue weighted by atomic mass is 10.0. The van der Waals surface area contributed by atoms with E-state index >= 15 is 0 Å². The summed E-state index contributed by atoms with van der Waals surface area (Å²) in [4.78, 5) is 15.0. The first-order chi connectivity index (χ1) is 14.0. The molecule has 0 aliphatic rings. The Kier molecular flexibility index (Phi) is 5.10. The molecule has 0 saturated heterocycles. The second-order valence-corrected chi connectivity index (χ2v) is 7.32. The summed E-state index contributed by atoms with van der Waals surface area (Å²) in [5, 5.41) is 13.2. The van der Waals surface area contributed by atoms with Crippen LogP contribution < -0.4 is 5.56 Å². The second kappa shape index (κ2) is 7.71. The fourth-order valence-electron chi connectivity index (χ4n) is 3.52. The quantitative estimate of drug-likeness (QED) is 0.503. The molecule has 0 atom stereocenters. The molecule has 0 spiro atoms. The van der Waals surface area contributed by atoms with Gasteiger partial charge < -0.3 is 9.47 Å². The molecule has 0 unspecified atom stereocenters. The lowest BCUT2D eigenvalue weighted by Gasteiger charge is -2.11. The van der Waals surface area contributed by atoms with Gasteiger partial charge in [-0.2, -0.15) is 5.10 Å². The van der Waals surface area contributed by atoms with Crippen LogP contribution in [0.2, 0.25) is 0 Å². The zero-order chi connectivity index (χ0) is 20.5. The van der Waals surface area contributed by atoms with Gasteiger partial charge in [0.25, 0.3) is 5.56 Å². The van der Waals surface area contributed by atoms with Crippen LogP contribution in [-0.2, 0) is 13.0 Å². The maximum atomic E-state index is 13.4. The van der Waals surface area contributed by atoms with Crippen molar-refractivity contribution in [2.24, 2.45) is 0 Å². The number of pyridine rings is 1. The van der Waals surface area contributed by atoms with Crippen LogP contribution in [0, 0.1) is 5.82 Å². The van der Waals surface area contributed by atoms with Crippen molar-refractivity contribution in [1.82, 2.24) is 29.3 Å². The van der Waals surface area contributed by atoms with E-state index in [1.165, 1.54) is 12.1 Å². The number of hydrogen-bond acceptors (Lipinski definition) is 5. The smallest absolute Gasteiger partial charge is 0.280 e. The van der Waals surface area contributed by atoms with Crippen LogP contribution in [0.25, 0.3) is 27.8 Å². The van der Waals surface area contributed by atoms with Gasteiger partial charge in [0.05, 0.1) is 11.3 Å². The van der Waals surface area contributed by atoms with Crippen molar-refractivity contribution in [2.45, 2.75) is 26.3 Å². The summed E-state index contributed by atoms with van der Waals surface area (Å²) >= 11 is 0. The molecule has 4 rings (SSSR count). The van der Waals surface area contributed by atoms with Crippen LogP contribution in [0.3, 0.4) is 0 Å². The molecule has 0 radical (unpaired) electrons. The average Bonchev–Trinajstić information content (AvgIpc) is 3.09. The molecule has 0 aliphatic heterocycles. The molecule has 0 saturated carbocycles. The third kappa shape index (κ3) is 3.51. The third-order valence-corrected chi connectivity index (χ3v) is 5.00. The monoisotopic (exact) mass is 394 g/mol. The zero-order valence-corrected chi connectivity index (χ0v) is 16.8. The number of aromatic nitrogens is 5. The fourth-order valence-corrected chi connectivity index (χ4v) is 3.52. The van der Waals surface area contributed by atoms with E-state index in [4.69, 9.17) is 0 Å². The minimum Gasteiger partial charge on any atom is -0.313 e. The van der Waals surface area contributed by atoms with Gasteiger partial charge in [-0.05, 0) is 57.2 Å². The number of aryl methyl sites for hydroxylation is 2. The lowest BCUT2D eigenvalue weighted by Crippen LogP contribution is -2.24. The molecule has 0 aliphatic carbocycles. The van der Waals surface area contributed by atoms with Crippen molar-refractivity contribution in [1.29, 1.82) is 0 Å². The molecule has 3 aromatic heterocycles. The summed E-state index contributed by atoms with van der Waals surface area (Å²) in [5.74, 6) is -0.297. The van der Waals surface area contributed by atoms with E-state index in [1.54, 1.807) is 27.4 Å². The highest BCUT2D eigenvalue weighted by Crippen LogP contribution is 2.29. The number of halogens is 1. The molecule has 0 fully saturated rings. The van der Waals surface area contributed by atoms with Crippen LogP contribution in [-0.4, -0.2) is 49.9 Å². The zero-order valence-electron chi connectivity index (χ0n) is 16.8. The van der Waals surface area contributed by atoms with Crippen molar-refractivity contribution in [2.75, 3.05) is 20.6 Å². The number of nitrogens with zero attached hydrogens (tertiary/aromatic N) is 6. The van der Waals surface area contributed by atoms with E-state index < -0.39 is 0 Å². The first-order valence-corrected chi connectivity index (χ1v) is 9.67. The van der Waals surface area contributed by atoms with Gasteiger partial charge >= 0.3 is 0 Å². The normalized spacial score (nSPS) is 11.8. The van der Waals surface area contributed by atoms with Crippen LogP contribution >= 0.6 is 0 Å². The molecule has 29 heavy (non-hydrogen) atoms. The van der Waals surface area contributed by atoms with Crippen LogP contribution in [0.4, 0.5) is 4.39 Å². The largest absolute Gasteiger partial charge is 0.313 e. The van der Waals surface area contributed by atoms with Gasteiger partial charge in [0.2, 0.25) is 0 Å². The molecular weight excluding hydrogens is 371 g/mol. The predicted octanol–water partition coefficient (Wildman–Crippen LogP) is 2.76. The van der Waals surface area contributed by atoms with Gasteiger partial charge in [0.15, 0.2) is 11.2 Å². The Morgan fingerprint density at radius 3 is 2.55 bits per heavy atom. The van der Waals surface area contributed by atoms with Crippen molar-refractivity contribution in [3.63, 3.8) is 0 Å². The maximum Gasteiger partial charge on any atom is 0.280 e. The summed E-state index contributed by atoms with van der Waals surface area (Å²) in [6.45, 7) is 3.52. The Labute approximate surface area is 167 Å². The number of benzene rings is 1. The highest BCUT2D eigenvalue weighted by Gasteiger charge is 2.18. The lowest BCUT2D eigenvalue weighted by molar-refractivity contribution is 0.385. The Morgan fingerprint density at radius 1 is 1.10 bits per heavy atom. The maximum absolute atomic E-state index is 13.4. The van der Waals surface area contributed by atoms with Crippen LogP contribution in [0.5, 0.6) is 0 Å². The van der Waals surface area contributed by atoms with Gasteiger partial charge in [0.1, 0.15) is 11.3 Å². The molecule has 8 heteroatoms. The molecule has 150 valence electrons. The fraction of sp³-hybridized carbons (Fsp3) is 0.333. The molecular formula is C21H23FN6O. The summed E-state index contributed by atoms with van der Waals surface area (Å²) in [7, 11) is 4.01. The molecule has 0 amide bonds. The van der Waals surface area contributed by atoms with E-state index in [1.807, 2.05) is 27.1 Å². The predicted molar refractivity (Wildman–Crippen MR) is 110 cm³/mol. The Morgan fingerprint density at radius 2 is 1.86 bits per heavy atom. The van der Waals surface area contributed by atoms with E-state index in [9.17, 15) is 9.18 Å². The van der Waals surface area contributed by atoms with E-state index in [0.29, 0.717) is 29.6 Å². The standard InChI is InChI=1S/C21H23FN6O/c1-4-16-18(14-6-8-15(22)9-7-14)20-24-23-19-17(28(20)25-16)10-13-27(21(19)29)12-5-11-26(2)3/h6-10,13H,4-5,11-12H2,1-3H3. The van der Waals surface area contributed by atoms with Gasteiger partial charge in [-0.1, -0.05) is 19.1 Å². The second-order valence-electron chi connectivity index (χ2n) is 7.32. The summed E-state index contributed by atoms with van der Waals surface area (Å²) in [6.07, 6.45) is 3.33. The van der Waals surface area contributed by atoms with Gasteiger partial charge in [-0.3, -0.25) is 4.79 Å². The van der Waals surface area contributed by atoms with Crippen molar-refractivity contribution >= 4 is 16.7 Å². The van der Waals surface area contributed by atoms with E-state index in [2.05, 4.69) is 20.2 Å². The average molecular weight is 394 g/mol. The van der Waals surface area contributed by atoms with E-state index in [0.717, 1.165) is 29.8 Å². The van der Waals surface area contributed by atoms with Gasteiger partial charge in [-0.15, -0.1) is 10.2 Å². The molecule has 1 aromatic carbocycles. The molecule has 7 nitrogen and oxygen atoms in total. The minimum absolute atomic E-state index is 0.174. The van der Waals surface area contributed by atoms with Gasteiger partial charge in [-0.25, -0.2) is 8.91 Å². The van der Waals surface area contributed by atoms with Crippen LogP contribution in [0.1, 0.15) is 19.0 Å². The van der Waals surface area contributed by atoms with Crippen molar-refractivity contribution < 1.29 is 4.39 Å². The Balaban J connectivity index is 1.85. The molecule has 4 aromatic rings. The third-order valence-electron chi connectivity index (χ3n) is 5.00. The molecule has 0 bridgehead atoms. The van der Waals surface area contributed by atoms with E-state index in [-0.39, 0.29) is 11.4 Å².